The molecule has 0 unspecified atom stereocenters. The second-order valence-electron chi connectivity index (χ2n) is 5.81. The van der Waals surface area contributed by atoms with Crippen molar-refractivity contribution in [3.8, 4) is 22.8 Å². The van der Waals surface area contributed by atoms with Gasteiger partial charge in [-0.1, -0.05) is 17.8 Å². The van der Waals surface area contributed by atoms with Gasteiger partial charge in [0.1, 0.15) is 10.7 Å². The van der Waals surface area contributed by atoms with E-state index in [0.717, 1.165) is 44.9 Å². The summed E-state index contributed by atoms with van der Waals surface area (Å²) in [6.45, 7) is 0.267. The molecule has 1 aliphatic rings. The van der Waals surface area contributed by atoms with Gasteiger partial charge in [0.15, 0.2) is 11.5 Å². The lowest BCUT2D eigenvalue weighted by Crippen LogP contribution is -1.93. The lowest BCUT2D eigenvalue weighted by atomic mass is 10.1. The molecule has 6 nitrogen and oxygen atoms in total. The van der Waals surface area contributed by atoms with E-state index in [9.17, 15) is 0 Å². The van der Waals surface area contributed by atoms with Gasteiger partial charge in [0.05, 0.1) is 11.4 Å². The van der Waals surface area contributed by atoms with Crippen LogP contribution in [-0.4, -0.2) is 26.4 Å². The molecule has 4 heterocycles. The molecule has 0 saturated heterocycles. The fraction of sp³-hybridized carbons (Fsp3) is 0.105. The molecule has 0 bridgehead atoms. The van der Waals surface area contributed by atoms with Gasteiger partial charge in [-0.3, -0.25) is 0 Å². The van der Waals surface area contributed by atoms with Gasteiger partial charge >= 0.3 is 0 Å². The average molecular weight is 362 g/mol. The minimum atomic E-state index is 0.267. The molecule has 1 aliphatic heterocycles. The van der Waals surface area contributed by atoms with Crippen molar-refractivity contribution < 1.29 is 9.47 Å². The Morgan fingerprint density at radius 2 is 1.96 bits per heavy atom. The Hall–Kier alpha value is -3.06. The average Bonchev–Trinajstić information content (AvgIpc) is 3.32. The molecule has 3 aromatic heterocycles. The summed E-state index contributed by atoms with van der Waals surface area (Å²) in [4.78, 5) is 4.59. The molecule has 0 fully saturated rings. The summed E-state index contributed by atoms with van der Waals surface area (Å²) in [5.41, 5.74) is 3.73. The highest BCUT2D eigenvalue weighted by atomic mass is 32.2. The summed E-state index contributed by atoms with van der Waals surface area (Å²) >= 11 is 1.62. The first-order valence-corrected chi connectivity index (χ1v) is 9.13. The van der Waals surface area contributed by atoms with Gasteiger partial charge in [-0.2, -0.15) is 0 Å². The Morgan fingerprint density at radius 3 is 2.85 bits per heavy atom. The first kappa shape index (κ1) is 15.2. The van der Waals surface area contributed by atoms with Crippen LogP contribution in [-0.2, 0) is 5.75 Å². The van der Waals surface area contributed by atoms with Gasteiger partial charge in [0.25, 0.3) is 0 Å². The summed E-state index contributed by atoms with van der Waals surface area (Å²) in [6, 6.07) is 15.7. The molecule has 7 heteroatoms. The zero-order valence-corrected chi connectivity index (χ0v) is 14.5. The van der Waals surface area contributed by atoms with Crippen molar-refractivity contribution in [3.63, 3.8) is 0 Å². The number of ether oxygens (including phenoxy) is 2. The number of benzene rings is 1. The highest BCUT2D eigenvalue weighted by Gasteiger charge is 2.14. The number of aromatic nitrogens is 4. The number of fused-ring (bicyclic) bond motifs is 2. The van der Waals surface area contributed by atoms with E-state index in [1.54, 1.807) is 11.8 Å². The van der Waals surface area contributed by atoms with Gasteiger partial charge < -0.3 is 13.9 Å². The number of pyridine rings is 1. The van der Waals surface area contributed by atoms with E-state index in [1.807, 2.05) is 65.3 Å². The van der Waals surface area contributed by atoms with E-state index in [4.69, 9.17) is 9.47 Å². The van der Waals surface area contributed by atoms with E-state index < -0.39 is 0 Å². The van der Waals surface area contributed by atoms with Crippen molar-refractivity contribution in [2.24, 2.45) is 0 Å². The van der Waals surface area contributed by atoms with Crippen LogP contribution in [0.2, 0.25) is 0 Å². The lowest BCUT2D eigenvalue weighted by molar-refractivity contribution is 0.174. The number of hydrogen-bond acceptors (Lipinski definition) is 6. The Morgan fingerprint density at radius 1 is 1.00 bits per heavy atom. The smallest absolute Gasteiger partial charge is 0.231 e. The Labute approximate surface area is 153 Å². The minimum absolute atomic E-state index is 0.267. The van der Waals surface area contributed by atoms with Crippen LogP contribution in [0.4, 0.5) is 0 Å². The van der Waals surface area contributed by atoms with Crippen LogP contribution in [0.1, 0.15) is 5.69 Å². The lowest BCUT2D eigenvalue weighted by Gasteiger charge is -2.03. The Kier molecular flexibility index (Phi) is 3.71. The molecule has 0 radical (unpaired) electrons. The van der Waals surface area contributed by atoms with E-state index in [-0.39, 0.29) is 6.79 Å². The van der Waals surface area contributed by atoms with Gasteiger partial charge in [-0.25, -0.2) is 4.98 Å². The minimum Gasteiger partial charge on any atom is -0.454 e. The van der Waals surface area contributed by atoms with Gasteiger partial charge in [-0.05, 0) is 42.5 Å². The second kappa shape index (κ2) is 6.34. The molecule has 0 amide bonds. The maximum atomic E-state index is 5.41. The molecule has 4 aromatic rings. The Balaban J connectivity index is 1.30. The van der Waals surface area contributed by atoms with E-state index in [2.05, 4.69) is 15.2 Å². The SMILES string of the molecule is c1ccn2cc(CSc3ccc(-c4ccc5c(c4)OCO5)nn3)nc2c1. The first-order valence-electron chi connectivity index (χ1n) is 8.14. The Bertz CT molecular complexity index is 1050. The van der Waals surface area contributed by atoms with Crippen LogP contribution in [0.15, 0.2) is 66.0 Å². The summed E-state index contributed by atoms with van der Waals surface area (Å²) in [6.07, 6.45) is 4.03. The fourth-order valence-electron chi connectivity index (χ4n) is 2.81. The highest BCUT2D eigenvalue weighted by molar-refractivity contribution is 7.98. The topological polar surface area (TPSA) is 61.5 Å². The number of thioether (sulfide) groups is 1. The van der Waals surface area contributed by atoms with Crippen molar-refractivity contribution in [2.75, 3.05) is 6.79 Å². The molecule has 0 N–H and O–H groups in total. The van der Waals surface area contributed by atoms with Crippen molar-refractivity contribution in [1.82, 2.24) is 19.6 Å². The molecular formula is C19H14N4O2S. The van der Waals surface area contributed by atoms with Crippen LogP contribution in [0.5, 0.6) is 11.5 Å². The summed E-state index contributed by atoms with van der Waals surface area (Å²) < 4.78 is 12.8. The fourth-order valence-corrected chi connectivity index (χ4v) is 3.51. The van der Waals surface area contributed by atoms with Crippen molar-refractivity contribution in [3.05, 3.63) is 66.6 Å². The normalized spacial score (nSPS) is 12.6. The number of rotatable bonds is 4. The third-order valence-corrected chi connectivity index (χ3v) is 5.04. The molecule has 0 saturated carbocycles. The maximum Gasteiger partial charge on any atom is 0.231 e. The van der Waals surface area contributed by atoms with Crippen LogP contribution < -0.4 is 9.47 Å². The quantitative estimate of drug-likeness (QED) is 0.515. The number of hydrogen-bond donors (Lipinski definition) is 0. The summed E-state index contributed by atoms with van der Waals surface area (Å²) in [7, 11) is 0. The largest absolute Gasteiger partial charge is 0.454 e. The first-order chi connectivity index (χ1) is 12.8. The van der Waals surface area contributed by atoms with Gasteiger partial charge in [-0.15, -0.1) is 10.2 Å². The van der Waals surface area contributed by atoms with Crippen molar-refractivity contribution >= 4 is 17.4 Å². The molecule has 5 rings (SSSR count). The van der Waals surface area contributed by atoms with Gasteiger partial charge in [0.2, 0.25) is 6.79 Å². The standard InChI is InChI=1S/C19H14N4O2S/c1-2-8-23-10-14(20-18(23)3-1)11-26-19-7-5-15(21-22-19)13-4-6-16-17(9-13)25-12-24-16/h1-10H,11-12H2. The monoisotopic (exact) mass is 362 g/mol. The zero-order valence-electron chi connectivity index (χ0n) is 13.7. The van der Waals surface area contributed by atoms with Crippen LogP contribution >= 0.6 is 11.8 Å². The molecule has 0 spiro atoms. The third kappa shape index (κ3) is 2.86. The summed E-state index contributed by atoms with van der Waals surface area (Å²) in [5, 5.41) is 9.53. The predicted molar refractivity (Wildman–Crippen MR) is 98.3 cm³/mol. The predicted octanol–water partition coefficient (Wildman–Crippen LogP) is 3.81. The molecule has 0 atom stereocenters. The molecule has 26 heavy (non-hydrogen) atoms. The van der Waals surface area contributed by atoms with E-state index in [1.165, 1.54) is 0 Å². The molecular weight excluding hydrogens is 348 g/mol. The van der Waals surface area contributed by atoms with Crippen LogP contribution in [0, 0.1) is 0 Å². The summed E-state index contributed by atoms with van der Waals surface area (Å²) in [5.74, 6) is 2.26. The third-order valence-electron chi connectivity index (χ3n) is 4.09. The molecule has 128 valence electrons. The highest BCUT2D eigenvalue weighted by Crippen LogP contribution is 2.35. The second-order valence-corrected chi connectivity index (χ2v) is 6.81. The molecule has 0 aliphatic carbocycles. The van der Waals surface area contributed by atoms with Crippen LogP contribution in [0.25, 0.3) is 16.9 Å². The van der Waals surface area contributed by atoms with E-state index in [0.29, 0.717) is 0 Å². The van der Waals surface area contributed by atoms with E-state index >= 15 is 0 Å². The van der Waals surface area contributed by atoms with Crippen LogP contribution in [0.3, 0.4) is 0 Å². The van der Waals surface area contributed by atoms with Crippen molar-refractivity contribution in [1.29, 1.82) is 0 Å². The maximum absolute atomic E-state index is 5.41. The van der Waals surface area contributed by atoms with Crippen molar-refractivity contribution in [2.45, 2.75) is 10.8 Å². The molecule has 1 aromatic carbocycles. The zero-order chi connectivity index (χ0) is 17.3. The number of nitrogens with zero attached hydrogens (tertiary/aromatic N) is 4. The van der Waals surface area contributed by atoms with Gasteiger partial charge in [0, 0.05) is 23.7 Å². The number of imidazole rings is 1.